The highest BCUT2D eigenvalue weighted by Gasteiger charge is 2.21. The van der Waals surface area contributed by atoms with E-state index in [-0.39, 0.29) is 16.6 Å². The number of nitrogens with one attached hydrogen (secondary N) is 1. The molecule has 0 amide bonds. The average molecular weight is 271 g/mol. The average Bonchev–Trinajstić information content (AvgIpc) is 2.38. The second-order valence-corrected chi connectivity index (χ2v) is 6.06. The first-order chi connectivity index (χ1) is 8.59. The summed E-state index contributed by atoms with van der Waals surface area (Å²) >= 11 is 0. The molecule has 1 atom stereocenters. The molecule has 0 saturated carbocycles. The van der Waals surface area contributed by atoms with E-state index in [1.54, 1.807) is 6.07 Å². The van der Waals surface area contributed by atoms with Crippen molar-refractivity contribution in [3.8, 4) is 0 Å². The van der Waals surface area contributed by atoms with Crippen LogP contribution in [0.5, 0.6) is 0 Å². The van der Waals surface area contributed by atoms with Gasteiger partial charge in [-0.2, -0.15) is 0 Å². The molecule has 1 aromatic rings. The molecule has 1 aromatic heterocycles. The van der Waals surface area contributed by atoms with Crippen LogP contribution in [0.25, 0.3) is 0 Å². The third-order valence-electron chi connectivity index (χ3n) is 2.91. The Labute approximate surface area is 107 Å². The summed E-state index contributed by atoms with van der Waals surface area (Å²) in [5.41, 5.74) is 5.56. The predicted octanol–water partition coefficient (Wildman–Crippen LogP) is 0.369. The predicted molar refractivity (Wildman–Crippen MR) is 67.4 cm³/mol. The molecular formula is C11H17N3O3S. The number of nitrogen functional groups attached to an aromatic ring is 1. The largest absolute Gasteiger partial charge is 0.383 e. The van der Waals surface area contributed by atoms with Gasteiger partial charge in [-0.15, -0.1) is 0 Å². The van der Waals surface area contributed by atoms with Crippen LogP contribution in [0.4, 0.5) is 5.82 Å². The zero-order chi connectivity index (χ0) is 13.0. The summed E-state index contributed by atoms with van der Waals surface area (Å²) < 4.78 is 31.9. The van der Waals surface area contributed by atoms with Crippen LogP contribution >= 0.6 is 0 Å². The minimum Gasteiger partial charge on any atom is -0.383 e. The van der Waals surface area contributed by atoms with Gasteiger partial charge in [-0.3, -0.25) is 0 Å². The van der Waals surface area contributed by atoms with Crippen molar-refractivity contribution in [1.29, 1.82) is 0 Å². The first kappa shape index (κ1) is 13.3. The van der Waals surface area contributed by atoms with Crippen molar-refractivity contribution in [2.45, 2.75) is 17.7 Å². The van der Waals surface area contributed by atoms with E-state index >= 15 is 0 Å². The molecule has 3 N–H and O–H groups in total. The molecule has 18 heavy (non-hydrogen) atoms. The van der Waals surface area contributed by atoms with E-state index < -0.39 is 10.0 Å². The quantitative estimate of drug-likeness (QED) is 0.825. The highest BCUT2D eigenvalue weighted by Crippen LogP contribution is 2.16. The molecule has 0 spiro atoms. The number of pyridine rings is 1. The summed E-state index contributed by atoms with van der Waals surface area (Å²) in [5.74, 6) is 0.247. The molecule has 6 nitrogen and oxygen atoms in total. The number of nitrogens with zero attached hydrogens (tertiary/aromatic N) is 1. The van der Waals surface area contributed by atoms with Crippen LogP contribution in [0.2, 0.25) is 0 Å². The maximum atomic E-state index is 12.0. The minimum atomic E-state index is -3.58. The fourth-order valence-electron chi connectivity index (χ4n) is 1.90. The number of hydrogen-bond donors (Lipinski definition) is 2. The highest BCUT2D eigenvalue weighted by atomic mass is 32.2. The molecule has 1 unspecified atom stereocenters. The molecule has 2 rings (SSSR count). The van der Waals surface area contributed by atoms with Crippen molar-refractivity contribution >= 4 is 15.8 Å². The van der Waals surface area contributed by atoms with Gasteiger partial charge in [-0.25, -0.2) is 18.1 Å². The Morgan fingerprint density at radius 3 is 3.06 bits per heavy atom. The molecule has 100 valence electrons. The summed E-state index contributed by atoms with van der Waals surface area (Å²) in [6.45, 7) is 1.74. The maximum absolute atomic E-state index is 12.0. The third kappa shape index (κ3) is 3.18. The molecule has 1 aliphatic rings. The number of nitrogens with two attached hydrogens (primary N) is 1. The Kier molecular flexibility index (Phi) is 4.15. The SMILES string of the molecule is Nc1ncccc1S(=O)(=O)NCC1CCCOC1. The molecule has 0 radical (unpaired) electrons. The van der Waals surface area contributed by atoms with E-state index in [9.17, 15) is 8.42 Å². The van der Waals surface area contributed by atoms with Gasteiger partial charge in [0.25, 0.3) is 0 Å². The molecule has 7 heteroatoms. The molecule has 0 bridgehead atoms. The second kappa shape index (κ2) is 5.64. The Morgan fingerprint density at radius 2 is 2.39 bits per heavy atom. The number of aromatic nitrogens is 1. The first-order valence-electron chi connectivity index (χ1n) is 5.87. The fourth-order valence-corrected chi connectivity index (χ4v) is 3.10. The third-order valence-corrected chi connectivity index (χ3v) is 4.38. The summed E-state index contributed by atoms with van der Waals surface area (Å²) in [6, 6.07) is 3.00. The summed E-state index contributed by atoms with van der Waals surface area (Å²) in [7, 11) is -3.58. The van der Waals surface area contributed by atoms with Crippen LogP contribution in [0.1, 0.15) is 12.8 Å². The van der Waals surface area contributed by atoms with E-state index in [1.807, 2.05) is 0 Å². The van der Waals surface area contributed by atoms with Gasteiger partial charge in [0.05, 0.1) is 6.61 Å². The van der Waals surface area contributed by atoms with Crippen LogP contribution in [0.15, 0.2) is 23.2 Å². The van der Waals surface area contributed by atoms with Crippen LogP contribution in [-0.2, 0) is 14.8 Å². The summed E-state index contributed by atoms with van der Waals surface area (Å²) in [4.78, 5) is 3.80. The lowest BCUT2D eigenvalue weighted by Crippen LogP contribution is -2.33. The van der Waals surface area contributed by atoms with Gasteiger partial charge >= 0.3 is 0 Å². The van der Waals surface area contributed by atoms with Crippen molar-refractivity contribution in [3.63, 3.8) is 0 Å². The number of hydrogen-bond acceptors (Lipinski definition) is 5. The van der Waals surface area contributed by atoms with Gasteiger partial charge < -0.3 is 10.5 Å². The van der Waals surface area contributed by atoms with Gasteiger partial charge in [-0.05, 0) is 30.9 Å². The van der Waals surface area contributed by atoms with Crippen molar-refractivity contribution in [2.75, 3.05) is 25.5 Å². The van der Waals surface area contributed by atoms with Gasteiger partial charge in [0.1, 0.15) is 10.7 Å². The van der Waals surface area contributed by atoms with Crippen molar-refractivity contribution in [1.82, 2.24) is 9.71 Å². The van der Waals surface area contributed by atoms with E-state index in [2.05, 4.69) is 9.71 Å². The van der Waals surface area contributed by atoms with Crippen LogP contribution in [0, 0.1) is 5.92 Å². The topological polar surface area (TPSA) is 94.3 Å². The minimum absolute atomic E-state index is 0.0184. The normalized spacial score (nSPS) is 20.8. The Hall–Kier alpha value is -1.18. The summed E-state index contributed by atoms with van der Waals surface area (Å²) in [5, 5.41) is 0. The van der Waals surface area contributed by atoms with E-state index in [1.165, 1.54) is 12.3 Å². The molecule has 1 fully saturated rings. The zero-order valence-electron chi connectivity index (χ0n) is 10.0. The number of anilines is 1. The van der Waals surface area contributed by atoms with Crippen molar-refractivity contribution in [2.24, 2.45) is 5.92 Å². The lowest BCUT2D eigenvalue weighted by molar-refractivity contribution is 0.0568. The maximum Gasteiger partial charge on any atom is 0.244 e. The monoisotopic (exact) mass is 271 g/mol. The number of ether oxygens (including phenoxy) is 1. The molecule has 2 heterocycles. The van der Waals surface area contributed by atoms with Gasteiger partial charge in [0.2, 0.25) is 10.0 Å². The smallest absolute Gasteiger partial charge is 0.244 e. The van der Waals surface area contributed by atoms with Crippen molar-refractivity contribution in [3.05, 3.63) is 18.3 Å². The van der Waals surface area contributed by atoms with Crippen molar-refractivity contribution < 1.29 is 13.2 Å². The highest BCUT2D eigenvalue weighted by molar-refractivity contribution is 7.89. The van der Waals surface area contributed by atoms with Gasteiger partial charge in [-0.1, -0.05) is 0 Å². The second-order valence-electron chi connectivity index (χ2n) is 4.32. The fraction of sp³-hybridized carbons (Fsp3) is 0.545. The van der Waals surface area contributed by atoms with Crippen LogP contribution < -0.4 is 10.5 Å². The molecule has 1 aliphatic heterocycles. The first-order valence-corrected chi connectivity index (χ1v) is 7.36. The summed E-state index contributed by atoms with van der Waals surface area (Å²) in [6.07, 6.45) is 3.41. The molecule has 0 aromatic carbocycles. The molecule has 1 saturated heterocycles. The molecule has 0 aliphatic carbocycles. The van der Waals surface area contributed by atoms with E-state index in [4.69, 9.17) is 10.5 Å². The lowest BCUT2D eigenvalue weighted by Gasteiger charge is -2.22. The van der Waals surface area contributed by atoms with Crippen LogP contribution in [0.3, 0.4) is 0 Å². The number of rotatable bonds is 4. The van der Waals surface area contributed by atoms with Gasteiger partial charge in [0.15, 0.2) is 0 Å². The standard InChI is InChI=1S/C11H17N3O3S/c12-11-10(4-1-5-13-11)18(15,16)14-7-9-3-2-6-17-8-9/h1,4-5,9,14H,2-3,6-8H2,(H2,12,13). The Balaban J connectivity index is 2.01. The van der Waals surface area contributed by atoms with Crippen LogP contribution in [-0.4, -0.2) is 33.2 Å². The zero-order valence-corrected chi connectivity index (χ0v) is 10.8. The lowest BCUT2D eigenvalue weighted by atomic mass is 10.0. The molecular weight excluding hydrogens is 254 g/mol. The Morgan fingerprint density at radius 1 is 1.56 bits per heavy atom. The van der Waals surface area contributed by atoms with Gasteiger partial charge in [0, 0.05) is 19.3 Å². The van der Waals surface area contributed by atoms with E-state index in [0.717, 1.165) is 19.4 Å². The van der Waals surface area contributed by atoms with E-state index in [0.29, 0.717) is 13.2 Å². The number of sulfonamides is 1. The Bertz CT molecular complexity index is 498.